The SMILES string of the molecule is Cc1ccc(N=Nc2sc(/C(C#N)=C\c3cccs3)nc2C)cc1. The molecular weight excluding hydrogens is 336 g/mol. The van der Waals surface area contributed by atoms with Gasteiger partial charge < -0.3 is 0 Å². The zero-order valence-electron chi connectivity index (χ0n) is 13.2. The normalized spacial score (nSPS) is 11.8. The van der Waals surface area contributed by atoms with E-state index in [4.69, 9.17) is 0 Å². The van der Waals surface area contributed by atoms with E-state index in [1.807, 2.05) is 61.7 Å². The number of aryl methyl sites for hydroxylation is 2. The molecule has 0 fully saturated rings. The number of hydrogen-bond acceptors (Lipinski definition) is 6. The molecule has 2 aromatic heterocycles. The van der Waals surface area contributed by atoms with E-state index in [0.717, 1.165) is 21.3 Å². The fourth-order valence-corrected chi connectivity index (χ4v) is 3.48. The first kappa shape index (κ1) is 16.2. The Bertz CT molecular complexity index is 927. The second-order valence-electron chi connectivity index (χ2n) is 5.13. The molecule has 0 aliphatic carbocycles. The van der Waals surface area contributed by atoms with Gasteiger partial charge in [0.2, 0.25) is 0 Å². The van der Waals surface area contributed by atoms with Gasteiger partial charge in [-0.1, -0.05) is 35.1 Å². The molecule has 3 rings (SSSR count). The number of allylic oxidation sites excluding steroid dienone is 1. The molecule has 0 N–H and O–H groups in total. The van der Waals surface area contributed by atoms with Gasteiger partial charge in [0, 0.05) is 4.88 Å². The molecule has 118 valence electrons. The topological polar surface area (TPSA) is 61.4 Å². The van der Waals surface area contributed by atoms with E-state index < -0.39 is 0 Å². The Kier molecular flexibility index (Phi) is 4.94. The Morgan fingerprint density at radius 1 is 1.17 bits per heavy atom. The maximum absolute atomic E-state index is 9.41. The summed E-state index contributed by atoms with van der Waals surface area (Å²) in [6.45, 7) is 3.91. The van der Waals surface area contributed by atoms with Crippen LogP contribution in [0.25, 0.3) is 11.6 Å². The summed E-state index contributed by atoms with van der Waals surface area (Å²) in [5, 5.41) is 21.3. The molecule has 0 spiro atoms. The first-order chi connectivity index (χ1) is 11.7. The number of hydrogen-bond donors (Lipinski definition) is 0. The highest BCUT2D eigenvalue weighted by Crippen LogP contribution is 2.33. The van der Waals surface area contributed by atoms with Gasteiger partial charge in [-0.05, 0) is 43.5 Å². The highest BCUT2D eigenvalue weighted by molar-refractivity contribution is 7.16. The van der Waals surface area contributed by atoms with Crippen molar-refractivity contribution in [2.75, 3.05) is 0 Å². The van der Waals surface area contributed by atoms with Gasteiger partial charge >= 0.3 is 0 Å². The molecule has 0 saturated heterocycles. The summed E-state index contributed by atoms with van der Waals surface area (Å²) in [6, 6.07) is 14.0. The first-order valence-electron chi connectivity index (χ1n) is 7.27. The first-order valence-corrected chi connectivity index (χ1v) is 8.97. The van der Waals surface area contributed by atoms with Crippen molar-refractivity contribution in [1.29, 1.82) is 5.26 Å². The van der Waals surface area contributed by atoms with Gasteiger partial charge in [0.15, 0.2) is 5.00 Å². The maximum atomic E-state index is 9.41. The largest absolute Gasteiger partial charge is 0.238 e. The highest BCUT2D eigenvalue weighted by Gasteiger charge is 2.11. The lowest BCUT2D eigenvalue weighted by Crippen LogP contribution is -1.79. The third kappa shape index (κ3) is 3.82. The number of azo groups is 1. The Morgan fingerprint density at radius 2 is 1.96 bits per heavy atom. The minimum absolute atomic E-state index is 0.544. The summed E-state index contributed by atoms with van der Waals surface area (Å²) < 4.78 is 0. The smallest absolute Gasteiger partial charge is 0.162 e. The van der Waals surface area contributed by atoms with Crippen molar-refractivity contribution in [3.05, 3.63) is 62.9 Å². The summed E-state index contributed by atoms with van der Waals surface area (Å²) in [5.74, 6) is 0. The summed E-state index contributed by atoms with van der Waals surface area (Å²) >= 11 is 2.97. The van der Waals surface area contributed by atoms with Crippen molar-refractivity contribution in [1.82, 2.24) is 4.98 Å². The number of nitrogens with zero attached hydrogens (tertiary/aromatic N) is 4. The molecule has 1 aromatic carbocycles. The van der Waals surface area contributed by atoms with Gasteiger partial charge in [-0.3, -0.25) is 0 Å². The van der Waals surface area contributed by atoms with Crippen molar-refractivity contribution in [2.24, 2.45) is 10.2 Å². The number of thiazole rings is 1. The van der Waals surface area contributed by atoms with E-state index in [1.54, 1.807) is 11.3 Å². The third-order valence-corrected chi connectivity index (χ3v) is 5.14. The second-order valence-corrected chi connectivity index (χ2v) is 7.09. The van der Waals surface area contributed by atoms with Gasteiger partial charge in [0.1, 0.15) is 11.1 Å². The Hall–Kier alpha value is -2.62. The fourth-order valence-electron chi connectivity index (χ4n) is 1.97. The lowest BCUT2D eigenvalue weighted by molar-refractivity contribution is 1.18. The Labute approximate surface area is 148 Å². The molecule has 0 atom stereocenters. The standard InChI is InChI=1S/C18H14N4S2/c1-12-5-7-15(8-6-12)21-22-17-13(2)20-18(24-17)14(11-19)10-16-4-3-9-23-16/h3-10H,1-2H3/b14-10-,22-21?. The van der Waals surface area contributed by atoms with Crippen LogP contribution >= 0.6 is 22.7 Å². The van der Waals surface area contributed by atoms with E-state index in [2.05, 4.69) is 21.3 Å². The molecule has 0 aliphatic heterocycles. The molecule has 0 amide bonds. The number of aromatic nitrogens is 1. The molecular formula is C18H14N4S2. The van der Waals surface area contributed by atoms with Gasteiger partial charge in [-0.2, -0.15) is 5.26 Å². The van der Waals surface area contributed by atoms with E-state index in [-0.39, 0.29) is 0 Å². The van der Waals surface area contributed by atoms with Crippen LogP contribution in [0, 0.1) is 25.2 Å². The molecule has 0 aliphatic rings. The molecule has 0 radical (unpaired) electrons. The molecule has 0 bridgehead atoms. The van der Waals surface area contributed by atoms with Crippen LogP contribution in [0.3, 0.4) is 0 Å². The number of benzene rings is 1. The lowest BCUT2D eigenvalue weighted by atomic mass is 10.2. The fraction of sp³-hybridized carbons (Fsp3) is 0.111. The number of nitriles is 1. The summed E-state index contributed by atoms with van der Waals surface area (Å²) in [6.07, 6.45) is 1.85. The van der Waals surface area contributed by atoms with E-state index in [0.29, 0.717) is 10.6 Å². The van der Waals surface area contributed by atoms with E-state index in [1.165, 1.54) is 16.9 Å². The van der Waals surface area contributed by atoms with Crippen LogP contribution in [0.4, 0.5) is 10.7 Å². The summed E-state index contributed by atoms with van der Waals surface area (Å²) in [5.41, 5.74) is 3.30. The molecule has 0 unspecified atom stereocenters. The van der Waals surface area contributed by atoms with Gasteiger partial charge in [-0.25, -0.2) is 4.98 Å². The van der Waals surface area contributed by atoms with Crippen molar-refractivity contribution >= 4 is 45.0 Å². The van der Waals surface area contributed by atoms with Crippen LogP contribution in [0.1, 0.15) is 21.1 Å². The monoisotopic (exact) mass is 350 g/mol. The third-order valence-electron chi connectivity index (χ3n) is 3.24. The predicted octanol–water partition coefficient (Wildman–Crippen LogP) is 6.30. The van der Waals surface area contributed by atoms with Crippen molar-refractivity contribution in [3.8, 4) is 6.07 Å². The lowest BCUT2D eigenvalue weighted by Gasteiger charge is -1.93. The van der Waals surface area contributed by atoms with Gasteiger partial charge in [-0.15, -0.1) is 21.6 Å². The summed E-state index contributed by atoms with van der Waals surface area (Å²) in [4.78, 5) is 5.50. The van der Waals surface area contributed by atoms with Gasteiger partial charge in [0.05, 0.1) is 17.0 Å². The number of thiophene rings is 1. The van der Waals surface area contributed by atoms with Crippen LogP contribution in [-0.2, 0) is 0 Å². The molecule has 2 heterocycles. The van der Waals surface area contributed by atoms with Crippen molar-refractivity contribution < 1.29 is 0 Å². The zero-order valence-corrected chi connectivity index (χ0v) is 14.9. The van der Waals surface area contributed by atoms with Gasteiger partial charge in [0.25, 0.3) is 0 Å². The van der Waals surface area contributed by atoms with E-state index >= 15 is 0 Å². The molecule has 3 aromatic rings. The minimum atomic E-state index is 0.544. The average Bonchev–Trinajstić information content (AvgIpc) is 3.22. The van der Waals surface area contributed by atoms with Crippen LogP contribution < -0.4 is 0 Å². The Morgan fingerprint density at radius 3 is 2.62 bits per heavy atom. The van der Waals surface area contributed by atoms with Crippen LogP contribution in [-0.4, -0.2) is 4.98 Å². The molecule has 6 heteroatoms. The average molecular weight is 350 g/mol. The van der Waals surface area contributed by atoms with Crippen LogP contribution in [0.5, 0.6) is 0 Å². The Balaban J connectivity index is 1.87. The molecule has 0 saturated carbocycles. The minimum Gasteiger partial charge on any atom is -0.238 e. The van der Waals surface area contributed by atoms with Crippen molar-refractivity contribution in [3.63, 3.8) is 0 Å². The second kappa shape index (κ2) is 7.30. The van der Waals surface area contributed by atoms with E-state index in [9.17, 15) is 5.26 Å². The van der Waals surface area contributed by atoms with Crippen LogP contribution in [0.15, 0.2) is 52.0 Å². The predicted molar refractivity (Wildman–Crippen MR) is 100 cm³/mol. The zero-order chi connectivity index (χ0) is 16.9. The highest BCUT2D eigenvalue weighted by atomic mass is 32.1. The summed E-state index contributed by atoms with van der Waals surface area (Å²) in [7, 11) is 0. The maximum Gasteiger partial charge on any atom is 0.162 e. The van der Waals surface area contributed by atoms with Crippen LogP contribution in [0.2, 0.25) is 0 Å². The van der Waals surface area contributed by atoms with Crippen molar-refractivity contribution in [2.45, 2.75) is 13.8 Å². The molecule has 4 nitrogen and oxygen atoms in total. The number of rotatable bonds is 4. The molecule has 24 heavy (non-hydrogen) atoms. The quantitative estimate of drug-likeness (QED) is 0.409.